The number of aromatic nitrogens is 2. The first-order valence-corrected chi connectivity index (χ1v) is 8.74. The summed E-state index contributed by atoms with van der Waals surface area (Å²) in [7, 11) is 0. The summed E-state index contributed by atoms with van der Waals surface area (Å²) in [6, 6.07) is 9.13. The van der Waals surface area contributed by atoms with Crippen LogP contribution in [0.2, 0.25) is 0 Å². The number of benzene rings is 1. The van der Waals surface area contributed by atoms with Gasteiger partial charge in [0.1, 0.15) is 12.6 Å². The van der Waals surface area contributed by atoms with Crippen molar-refractivity contribution in [2.24, 2.45) is 0 Å². The van der Waals surface area contributed by atoms with Gasteiger partial charge in [-0.1, -0.05) is 19.1 Å². The Morgan fingerprint density at radius 1 is 1.28 bits per heavy atom. The Morgan fingerprint density at radius 3 is 2.76 bits per heavy atom. The van der Waals surface area contributed by atoms with Crippen LogP contribution in [0.4, 0.5) is 0 Å². The van der Waals surface area contributed by atoms with Crippen molar-refractivity contribution >= 4 is 11.9 Å². The molecule has 2 heterocycles. The van der Waals surface area contributed by atoms with Crippen molar-refractivity contribution in [3.05, 3.63) is 48.3 Å². The Labute approximate surface area is 147 Å². The van der Waals surface area contributed by atoms with Crippen molar-refractivity contribution in [3.8, 4) is 5.69 Å². The lowest BCUT2D eigenvalue weighted by Crippen LogP contribution is -2.41. The number of esters is 1. The first-order valence-electron chi connectivity index (χ1n) is 8.74. The lowest BCUT2D eigenvalue weighted by atomic mass is 10.2. The number of hydrogen-bond donors (Lipinski definition) is 0. The third-order valence-electron chi connectivity index (χ3n) is 4.40. The highest BCUT2D eigenvalue weighted by molar-refractivity contribution is 5.85. The minimum atomic E-state index is -0.428. The predicted molar refractivity (Wildman–Crippen MR) is 93.0 cm³/mol. The summed E-state index contributed by atoms with van der Waals surface area (Å²) in [6.07, 6.45) is 6.42. The van der Waals surface area contributed by atoms with Crippen molar-refractivity contribution in [2.75, 3.05) is 6.54 Å². The van der Waals surface area contributed by atoms with Crippen LogP contribution < -0.4 is 0 Å². The minimum Gasteiger partial charge on any atom is -0.459 e. The molecule has 3 rings (SSSR count). The van der Waals surface area contributed by atoms with Gasteiger partial charge in [-0.25, -0.2) is 9.48 Å². The summed E-state index contributed by atoms with van der Waals surface area (Å²) < 4.78 is 7.22. The summed E-state index contributed by atoms with van der Waals surface area (Å²) in [5, 5.41) is 4.18. The highest BCUT2D eigenvalue weighted by Gasteiger charge is 2.34. The van der Waals surface area contributed by atoms with Crippen molar-refractivity contribution in [3.63, 3.8) is 0 Å². The molecule has 6 heteroatoms. The van der Waals surface area contributed by atoms with Crippen LogP contribution in [0.1, 0.15) is 38.2 Å². The van der Waals surface area contributed by atoms with Crippen molar-refractivity contribution < 1.29 is 14.3 Å². The topological polar surface area (TPSA) is 64.4 Å². The second-order valence-electron chi connectivity index (χ2n) is 6.22. The average Bonchev–Trinajstić information content (AvgIpc) is 3.32. The van der Waals surface area contributed by atoms with Crippen LogP contribution in [0.15, 0.2) is 42.7 Å². The Kier molecular flexibility index (Phi) is 5.48. The number of nitrogens with zero attached hydrogens (tertiary/aromatic N) is 3. The van der Waals surface area contributed by atoms with Crippen LogP contribution in [-0.4, -0.2) is 39.1 Å². The molecule has 0 radical (unpaired) electrons. The molecule has 0 aliphatic carbocycles. The molecule has 1 aromatic carbocycles. The van der Waals surface area contributed by atoms with Crippen LogP contribution in [0.25, 0.3) is 5.69 Å². The van der Waals surface area contributed by atoms with E-state index in [1.54, 1.807) is 15.8 Å². The summed E-state index contributed by atoms with van der Waals surface area (Å²) >= 11 is 0. The van der Waals surface area contributed by atoms with Crippen LogP contribution in [0.5, 0.6) is 0 Å². The molecule has 1 aliphatic rings. The Morgan fingerprint density at radius 2 is 2.08 bits per heavy atom. The molecule has 1 amide bonds. The SMILES string of the molecule is CCCC(=O)N1CCCC1C(=O)OCc1ccc(-n2cccn2)cc1. The number of ether oxygens (including phenoxy) is 1. The number of hydrogen-bond acceptors (Lipinski definition) is 4. The lowest BCUT2D eigenvalue weighted by molar-refractivity contribution is -0.154. The second kappa shape index (κ2) is 7.96. The molecule has 6 nitrogen and oxygen atoms in total. The lowest BCUT2D eigenvalue weighted by Gasteiger charge is -2.23. The summed E-state index contributed by atoms with van der Waals surface area (Å²) in [6.45, 7) is 2.83. The molecule has 1 saturated heterocycles. The summed E-state index contributed by atoms with van der Waals surface area (Å²) in [5.41, 5.74) is 1.86. The van der Waals surface area contributed by atoms with Gasteiger partial charge in [-0.05, 0) is 43.0 Å². The quantitative estimate of drug-likeness (QED) is 0.758. The fraction of sp³-hybridized carbons (Fsp3) is 0.421. The van der Waals surface area contributed by atoms with Crippen LogP contribution in [0, 0.1) is 0 Å². The molecule has 0 bridgehead atoms. The first kappa shape index (κ1) is 17.2. The standard InChI is InChI=1S/C19H23N3O3/c1-2-5-18(23)21-12-3-6-17(21)19(24)25-14-15-7-9-16(10-8-15)22-13-4-11-20-22/h4,7-11,13,17H,2-3,5-6,12,14H2,1H3. The fourth-order valence-electron chi connectivity index (χ4n) is 3.08. The maximum atomic E-state index is 12.4. The van der Waals surface area contributed by atoms with Gasteiger partial charge in [0, 0.05) is 25.4 Å². The number of amides is 1. The fourth-order valence-corrected chi connectivity index (χ4v) is 3.08. The van der Waals surface area contributed by atoms with Crippen molar-refractivity contribution in [2.45, 2.75) is 45.3 Å². The summed E-state index contributed by atoms with van der Waals surface area (Å²) in [5.74, 6) is -0.261. The molecule has 1 aromatic heterocycles. The number of rotatable bonds is 6. The number of carbonyl (C=O) groups is 2. The number of likely N-dealkylation sites (tertiary alicyclic amines) is 1. The third-order valence-corrected chi connectivity index (χ3v) is 4.40. The highest BCUT2D eigenvalue weighted by Crippen LogP contribution is 2.20. The minimum absolute atomic E-state index is 0.0468. The van der Waals surface area contributed by atoms with Gasteiger partial charge in [-0.15, -0.1) is 0 Å². The zero-order valence-corrected chi connectivity index (χ0v) is 14.4. The smallest absolute Gasteiger partial charge is 0.329 e. The van der Waals surface area contributed by atoms with Crippen molar-refractivity contribution in [1.82, 2.24) is 14.7 Å². The monoisotopic (exact) mass is 341 g/mol. The number of carbonyl (C=O) groups excluding carboxylic acids is 2. The van der Waals surface area contributed by atoms with E-state index in [0.717, 1.165) is 24.1 Å². The van der Waals surface area contributed by atoms with Gasteiger partial charge in [0.25, 0.3) is 0 Å². The molecule has 0 saturated carbocycles. The molecule has 0 spiro atoms. The van der Waals surface area contributed by atoms with E-state index in [-0.39, 0.29) is 18.5 Å². The first-order chi connectivity index (χ1) is 12.2. The van der Waals surface area contributed by atoms with E-state index in [1.807, 2.05) is 43.5 Å². The Hall–Kier alpha value is -2.63. The molecule has 2 aromatic rings. The van der Waals surface area contributed by atoms with Gasteiger partial charge in [-0.3, -0.25) is 4.79 Å². The van der Waals surface area contributed by atoms with Crippen LogP contribution in [-0.2, 0) is 20.9 Å². The van der Waals surface area contributed by atoms with Crippen LogP contribution >= 0.6 is 0 Å². The van der Waals surface area contributed by atoms with E-state index in [0.29, 0.717) is 19.4 Å². The molecule has 1 aliphatic heterocycles. The Bertz CT molecular complexity index is 710. The van der Waals surface area contributed by atoms with Gasteiger partial charge in [0.2, 0.25) is 5.91 Å². The largest absolute Gasteiger partial charge is 0.459 e. The van der Waals surface area contributed by atoms with Gasteiger partial charge in [-0.2, -0.15) is 5.10 Å². The average molecular weight is 341 g/mol. The maximum absolute atomic E-state index is 12.4. The van der Waals surface area contributed by atoms with E-state index < -0.39 is 6.04 Å². The normalized spacial score (nSPS) is 16.8. The van der Waals surface area contributed by atoms with Crippen LogP contribution in [0.3, 0.4) is 0 Å². The summed E-state index contributed by atoms with van der Waals surface area (Å²) in [4.78, 5) is 26.1. The van der Waals surface area contributed by atoms with E-state index in [2.05, 4.69) is 5.10 Å². The van der Waals surface area contributed by atoms with E-state index >= 15 is 0 Å². The van der Waals surface area contributed by atoms with Gasteiger partial charge < -0.3 is 9.64 Å². The van der Waals surface area contributed by atoms with Crippen molar-refractivity contribution in [1.29, 1.82) is 0 Å². The zero-order valence-electron chi connectivity index (χ0n) is 14.4. The maximum Gasteiger partial charge on any atom is 0.329 e. The van der Waals surface area contributed by atoms with E-state index in [4.69, 9.17) is 4.74 Å². The molecule has 0 N–H and O–H groups in total. The predicted octanol–water partition coefficient (Wildman–Crippen LogP) is 2.71. The zero-order chi connectivity index (χ0) is 17.6. The van der Waals surface area contributed by atoms with E-state index in [1.165, 1.54) is 0 Å². The molecule has 132 valence electrons. The van der Waals surface area contributed by atoms with Gasteiger partial charge in [0.05, 0.1) is 5.69 Å². The molecular weight excluding hydrogens is 318 g/mol. The van der Waals surface area contributed by atoms with Gasteiger partial charge >= 0.3 is 5.97 Å². The highest BCUT2D eigenvalue weighted by atomic mass is 16.5. The Balaban J connectivity index is 1.56. The van der Waals surface area contributed by atoms with E-state index in [9.17, 15) is 9.59 Å². The molecular formula is C19H23N3O3. The molecule has 1 fully saturated rings. The van der Waals surface area contributed by atoms with Gasteiger partial charge in [0.15, 0.2) is 0 Å². The third kappa shape index (κ3) is 4.07. The molecule has 25 heavy (non-hydrogen) atoms. The second-order valence-corrected chi connectivity index (χ2v) is 6.22. The molecule has 1 unspecified atom stereocenters. The molecule has 1 atom stereocenters.